The van der Waals surface area contributed by atoms with Crippen molar-refractivity contribution in [1.29, 1.82) is 0 Å². The van der Waals surface area contributed by atoms with Crippen molar-refractivity contribution in [3.8, 4) is 0 Å². The van der Waals surface area contributed by atoms with Gasteiger partial charge in [0.15, 0.2) is 0 Å². The average molecular weight is 232 g/mol. The first-order valence-electron chi connectivity index (χ1n) is 6.29. The summed E-state index contributed by atoms with van der Waals surface area (Å²) in [7, 11) is 1.85. The van der Waals surface area contributed by atoms with Crippen molar-refractivity contribution in [2.75, 3.05) is 13.6 Å². The molecule has 1 aromatic carbocycles. The van der Waals surface area contributed by atoms with Gasteiger partial charge in [-0.25, -0.2) is 4.79 Å². The van der Waals surface area contributed by atoms with E-state index in [-0.39, 0.29) is 6.03 Å². The molecule has 3 heteroatoms. The van der Waals surface area contributed by atoms with Crippen LogP contribution in [0.4, 0.5) is 4.79 Å². The van der Waals surface area contributed by atoms with Crippen LogP contribution in [-0.2, 0) is 0 Å². The second kappa shape index (κ2) is 5.21. The van der Waals surface area contributed by atoms with Gasteiger partial charge in [0.25, 0.3) is 0 Å². The topological polar surface area (TPSA) is 32.3 Å². The van der Waals surface area contributed by atoms with Gasteiger partial charge in [0.1, 0.15) is 0 Å². The van der Waals surface area contributed by atoms with Gasteiger partial charge in [-0.1, -0.05) is 37.3 Å². The fraction of sp³-hybridized carbons (Fsp3) is 0.500. The van der Waals surface area contributed by atoms with Crippen LogP contribution in [-0.4, -0.2) is 30.6 Å². The van der Waals surface area contributed by atoms with Gasteiger partial charge in [0.2, 0.25) is 0 Å². The monoisotopic (exact) mass is 232 g/mol. The maximum atomic E-state index is 11.8. The smallest absolute Gasteiger partial charge is 0.317 e. The van der Waals surface area contributed by atoms with Crippen molar-refractivity contribution >= 4 is 6.03 Å². The molecule has 0 unspecified atom stereocenters. The number of nitrogens with one attached hydrogen (secondary N) is 1. The van der Waals surface area contributed by atoms with Crippen molar-refractivity contribution in [3.05, 3.63) is 35.9 Å². The first kappa shape index (κ1) is 12.0. The Bertz CT molecular complexity index is 377. The summed E-state index contributed by atoms with van der Waals surface area (Å²) in [6, 6.07) is 10.8. The molecule has 17 heavy (non-hydrogen) atoms. The number of hydrogen-bond donors (Lipinski definition) is 1. The highest BCUT2D eigenvalue weighted by atomic mass is 16.2. The highest BCUT2D eigenvalue weighted by Gasteiger charge is 2.39. The predicted octanol–water partition coefficient (Wildman–Crippen LogP) is 2.59. The number of hydrogen-bond acceptors (Lipinski definition) is 1. The number of benzene rings is 1. The Labute approximate surface area is 103 Å². The summed E-state index contributed by atoms with van der Waals surface area (Å²) in [6.45, 7) is 2.89. The fourth-order valence-electron chi connectivity index (χ4n) is 2.13. The van der Waals surface area contributed by atoms with Crippen LogP contribution >= 0.6 is 0 Å². The van der Waals surface area contributed by atoms with Gasteiger partial charge in [0, 0.05) is 25.6 Å². The Hall–Kier alpha value is -1.51. The number of nitrogens with zero attached hydrogens (tertiary/aromatic N) is 1. The summed E-state index contributed by atoms with van der Waals surface area (Å²) in [5.41, 5.74) is 1.33. The fourth-order valence-corrected chi connectivity index (χ4v) is 2.13. The highest BCUT2D eigenvalue weighted by Crippen LogP contribution is 2.40. The van der Waals surface area contributed by atoms with Gasteiger partial charge in [0.05, 0.1) is 0 Å². The third kappa shape index (κ3) is 2.99. The van der Waals surface area contributed by atoms with E-state index in [1.807, 2.05) is 13.1 Å². The van der Waals surface area contributed by atoms with E-state index in [1.165, 1.54) is 5.56 Å². The molecule has 0 radical (unpaired) electrons. The van der Waals surface area contributed by atoms with E-state index in [9.17, 15) is 4.79 Å². The van der Waals surface area contributed by atoms with Crippen molar-refractivity contribution < 1.29 is 4.79 Å². The molecule has 3 nitrogen and oxygen atoms in total. The van der Waals surface area contributed by atoms with E-state index < -0.39 is 0 Å². The Morgan fingerprint density at radius 3 is 2.76 bits per heavy atom. The standard InChI is InChI=1S/C14H20N2O/c1-3-9-16(2)14(17)15-13-10-12(13)11-7-5-4-6-8-11/h4-8,12-13H,3,9-10H2,1-2H3,(H,15,17)/t12-,13+/m0/s1. The summed E-state index contributed by atoms with van der Waals surface area (Å²) in [4.78, 5) is 13.5. The largest absolute Gasteiger partial charge is 0.335 e. The van der Waals surface area contributed by atoms with Crippen LogP contribution in [0.25, 0.3) is 0 Å². The van der Waals surface area contributed by atoms with Crippen molar-refractivity contribution in [1.82, 2.24) is 10.2 Å². The van der Waals surface area contributed by atoms with Gasteiger partial charge in [-0.3, -0.25) is 0 Å². The van der Waals surface area contributed by atoms with Gasteiger partial charge in [-0.15, -0.1) is 0 Å². The number of carbonyl (C=O) groups is 1. The van der Waals surface area contributed by atoms with Crippen molar-refractivity contribution in [2.45, 2.75) is 31.7 Å². The summed E-state index contributed by atoms with van der Waals surface area (Å²) in [6.07, 6.45) is 2.06. The Morgan fingerprint density at radius 1 is 1.41 bits per heavy atom. The predicted molar refractivity (Wildman–Crippen MR) is 69.0 cm³/mol. The maximum Gasteiger partial charge on any atom is 0.317 e. The molecule has 2 atom stereocenters. The zero-order valence-electron chi connectivity index (χ0n) is 10.5. The molecule has 1 aromatic rings. The summed E-state index contributed by atoms with van der Waals surface area (Å²) in [5, 5.41) is 3.07. The molecular weight excluding hydrogens is 212 g/mol. The molecule has 0 aliphatic heterocycles. The number of rotatable bonds is 4. The zero-order valence-corrected chi connectivity index (χ0v) is 10.5. The quantitative estimate of drug-likeness (QED) is 0.850. The lowest BCUT2D eigenvalue weighted by Crippen LogP contribution is -2.39. The van der Waals surface area contributed by atoms with Crippen LogP contribution in [0.3, 0.4) is 0 Å². The van der Waals surface area contributed by atoms with E-state index >= 15 is 0 Å². The van der Waals surface area contributed by atoms with Gasteiger partial charge in [-0.2, -0.15) is 0 Å². The molecule has 0 heterocycles. The van der Waals surface area contributed by atoms with E-state index in [2.05, 4.69) is 36.5 Å². The molecule has 2 amide bonds. The van der Waals surface area contributed by atoms with Crippen molar-refractivity contribution in [2.24, 2.45) is 0 Å². The Kier molecular flexibility index (Phi) is 3.67. The lowest BCUT2D eigenvalue weighted by molar-refractivity contribution is 0.208. The average Bonchev–Trinajstić information content (AvgIpc) is 3.10. The minimum Gasteiger partial charge on any atom is -0.335 e. The molecule has 0 bridgehead atoms. The van der Waals surface area contributed by atoms with E-state index in [1.54, 1.807) is 4.90 Å². The number of amides is 2. The second-order valence-electron chi connectivity index (χ2n) is 4.73. The molecule has 2 rings (SSSR count). The molecule has 1 N–H and O–H groups in total. The molecule has 1 aliphatic rings. The van der Waals surface area contributed by atoms with E-state index in [0.717, 1.165) is 19.4 Å². The third-order valence-electron chi connectivity index (χ3n) is 3.23. The van der Waals surface area contributed by atoms with Gasteiger partial charge in [-0.05, 0) is 18.4 Å². The van der Waals surface area contributed by atoms with Gasteiger partial charge < -0.3 is 10.2 Å². The first-order chi connectivity index (χ1) is 8.22. The van der Waals surface area contributed by atoms with Crippen LogP contribution in [0.2, 0.25) is 0 Å². The minimum absolute atomic E-state index is 0.0512. The van der Waals surface area contributed by atoms with Gasteiger partial charge >= 0.3 is 6.03 Å². The summed E-state index contributed by atoms with van der Waals surface area (Å²) < 4.78 is 0. The third-order valence-corrected chi connectivity index (χ3v) is 3.23. The summed E-state index contributed by atoms with van der Waals surface area (Å²) >= 11 is 0. The lowest BCUT2D eigenvalue weighted by atomic mass is 10.1. The zero-order chi connectivity index (χ0) is 12.3. The molecule has 1 saturated carbocycles. The SMILES string of the molecule is CCCN(C)C(=O)N[C@@H]1C[C@H]1c1ccccc1. The highest BCUT2D eigenvalue weighted by molar-refractivity contribution is 5.74. The normalized spacial score (nSPS) is 22.0. The van der Waals surface area contributed by atoms with Crippen molar-refractivity contribution in [3.63, 3.8) is 0 Å². The molecular formula is C14H20N2O. The number of urea groups is 1. The van der Waals surface area contributed by atoms with E-state index in [4.69, 9.17) is 0 Å². The lowest BCUT2D eigenvalue weighted by Gasteiger charge is -2.16. The second-order valence-corrected chi connectivity index (χ2v) is 4.73. The van der Waals surface area contributed by atoms with Crippen LogP contribution < -0.4 is 5.32 Å². The molecule has 0 saturated heterocycles. The summed E-state index contributed by atoms with van der Waals surface area (Å²) in [5.74, 6) is 0.509. The number of carbonyl (C=O) groups excluding carboxylic acids is 1. The van der Waals surface area contributed by atoms with Crippen LogP contribution in [0.15, 0.2) is 30.3 Å². The Balaban J connectivity index is 1.82. The van der Waals surface area contributed by atoms with Crippen LogP contribution in [0, 0.1) is 0 Å². The first-order valence-corrected chi connectivity index (χ1v) is 6.29. The van der Waals surface area contributed by atoms with Crippen LogP contribution in [0.5, 0.6) is 0 Å². The van der Waals surface area contributed by atoms with Crippen LogP contribution in [0.1, 0.15) is 31.2 Å². The molecule has 0 aromatic heterocycles. The maximum absolute atomic E-state index is 11.8. The Morgan fingerprint density at radius 2 is 2.12 bits per heavy atom. The molecule has 1 aliphatic carbocycles. The van der Waals surface area contributed by atoms with E-state index in [0.29, 0.717) is 12.0 Å². The molecule has 92 valence electrons. The minimum atomic E-state index is 0.0512. The molecule has 0 spiro atoms. The molecule has 1 fully saturated rings.